The van der Waals surface area contributed by atoms with Gasteiger partial charge in [-0.3, -0.25) is 9.78 Å². The highest BCUT2D eigenvalue weighted by Gasteiger charge is 2.14. The van der Waals surface area contributed by atoms with Gasteiger partial charge in [0.1, 0.15) is 5.82 Å². The summed E-state index contributed by atoms with van der Waals surface area (Å²) in [5.74, 6) is 0.257. The number of amides is 1. The van der Waals surface area contributed by atoms with Crippen LogP contribution in [0, 0.1) is 0 Å². The Morgan fingerprint density at radius 1 is 1.53 bits per heavy atom. The molecule has 0 saturated heterocycles. The summed E-state index contributed by atoms with van der Waals surface area (Å²) in [6.07, 6.45) is 1.68. The first kappa shape index (κ1) is 13.3. The molecule has 0 aliphatic carbocycles. The summed E-state index contributed by atoms with van der Waals surface area (Å²) in [6.45, 7) is 1.98. The van der Waals surface area contributed by atoms with Crippen LogP contribution in [-0.4, -0.2) is 31.3 Å². The minimum absolute atomic E-state index is 0.139. The summed E-state index contributed by atoms with van der Waals surface area (Å²) >= 11 is 1.37. The van der Waals surface area contributed by atoms with Gasteiger partial charge in [0.2, 0.25) is 5.91 Å². The van der Waals surface area contributed by atoms with Crippen molar-refractivity contribution in [2.45, 2.75) is 23.7 Å². The van der Waals surface area contributed by atoms with E-state index in [0.29, 0.717) is 5.82 Å². The second-order valence-corrected chi connectivity index (χ2v) is 5.13. The van der Waals surface area contributed by atoms with Crippen molar-refractivity contribution in [3.63, 3.8) is 0 Å². The van der Waals surface area contributed by atoms with Gasteiger partial charge in [-0.15, -0.1) is 0 Å². The van der Waals surface area contributed by atoms with Crippen LogP contribution in [0.5, 0.6) is 0 Å². The van der Waals surface area contributed by atoms with Gasteiger partial charge in [0.25, 0.3) is 0 Å². The minimum Gasteiger partial charge on any atom is -0.348 e. The van der Waals surface area contributed by atoms with E-state index in [9.17, 15) is 9.59 Å². The number of nitrogens with one attached hydrogen (secondary N) is 3. The molecule has 1 amide bonds. The van der Waals surface area contributed by atoms with Crippen molar-refractivity contribution in [3.8, 4) is 0 Å². The molecule has 1 atom stereocenters. The number of carbonyl (C=O) groups excluding carboxylic acids is 1. The lowest BCUT2D eigenvalue weighted by Crippen LogP contribution is -2.30. The molecule has 7 nitrogen and oxygen atoms in total. The van der Waals surface area contributed by atoms with Gasteiger partial charge in [-0.1, -0.05) is 17.8 Å². The Morgan fingerprint density at radius 3 is 3.00 bits per heavy atom. The van der Waals surface area contributed by atoms with Gasteiger partial charge in [-0.05, 0) is 19.1 Å². The van der Waals surface area contributed by atoms with Crippen molar-refractivity contribution in [2.75, 3.05) is 0 Å². The van der Waals surface area contributed by atoms with Crippen molar-refractivity contribution < 1.29 is 4.79 Å². The monoisotopic (exact) mass is 279 g/mol. The largest absolute Gasteiger partial charge is 0.348 e. The summed E-state index contributed by atoms with van der Waals surface area (Å²) in [7, 11) is 0. The molecule has 8 heteroatoms. The third kappa shape index (κ3) is 3.95. The van der Waals surface area contributed by atoms with E-state index in [2.05, 4.69) is 25.5 Å². The molecule has 2 rings (SSSR count). The van der Waals surface area contributed by atoms with Crippen molar-refractivity contribution in [2.24, 2.45) is 0 Å². The molecule has 0 bridgehead atoms. The highest BCUT2D eigenvalue weighted by Crippen LogP contribution is 2.20. The predicted octanol–water partition coefficient (Wildman–Crippen LogP) is 0.290. The normalized spacial score (nSPS) is 12.1. The van der Waals surface area contributed by atoms with E-state index < -0.39 is 0 Å². The summed E-state index contributed by atoms with van der Waals surface area (Å²) in [5, 5.41) is 9.14. The van der Waals surface area contributed by atoms with Crippen LogP contribution in [0.4, 0.5) is 0 Å². The van der Waals surface area contributed by atoms with E-state index in [1.807, 2.05) is 18.2 Å². The van der Waals surface area contributed by atoms with E-state index in [0.717, 1.165) is 5.03 Å². The lowest BCUT2D eigenvalue weighted by molar-refractivity contribution is -0.120. The molecule has 2 aromatic heterocycles. The first-order valence-electron chi connectivity index (χ1n) is 5.64. The molecule has 19 heavy (non-hydrogen) atoms. The zero-order valence-corrected chi connectivity index (χ0v) is 11.0. The smallest absolute Gasteiger partial charge is 0.340 e. The first-order chi connectivity index (χ1) is 9.15. The van der Waals surface area contributed by atoms with E-state index in [4.69, 9.17) is 0 Å². The zero-order chi connectivity index (χ0) is 13.7. The Hall–Kier alpha value is -2.09. The fourth-order valence-corrected chi connectivity index (χ4v) is 2.19. The highest BCUT2D eigenvalue weighted by molar-refractivity contribution is 8.00. The molecule has 2 aromatic rings. The molecule has 0 aliphatic heterocycles. The molecule has 2 heterocycles. The lowest BCUT2D eigenvalue weighted by Gasteiger charge is -2.10. The van der Waals surface area contributed by atoms with Crippen LogP contribution in [0.3, 0.4) is 0 Å². The van der Waals surface area contributed by atoms with Crippen LogP contribution in [0.25, 0.3) is 0 Å². The molecular formula is C11H13N5O2S. The number of thioether (sulfide) groups is 1. The van der Waals surface area contributed by atoms with Crippen LogP contribution < -0.4 is 11.0 Å². The molecule has 0 saturated carbocycles. The Kier molecular flexibility index (Phi) is 4.35. The van der Waals surface area contributed by atoms with E-state index in [1.54, 1.807) is 13.1 Å². The van der Waals surface area contributed by atoms with Gasteiger partial charge in [0.15, 0.2) is 0 Å². The molecule has 0 aromatic carbocycles. The quantitative estimate of drug-likeness (QED) is 0.682. The van der Waals surface area contributed by atoms with E-state index >= 15 is 0 Å². The van der Waals surface area contributed by atoms with Crippen molar-refractivity contribution in [3.05, 3.63) is 40.7 Å². The molecule has 0 aliphatic rings. The standard InChI is InChI=1S/C11H13N5O2S/c1-7(19-9-4-2-3-5-12-9)10(17)13-6-8-14-11(18)16-15-8/h2-5,7H,6H2,1H3,(H,13,17)(H2,14,15,16,18)/t7-/m0/s1. The van der Waals surface area contributed by atoms with Crippen LogP contribution in [0.1, 0.15) is 12.7 Å². The number of nitrogens with zero attached hydrogens (tertiary/aromatic N) is 2. The van der Waals surface area contributed by atoms with E-state index in [-0.39, 0.29) is 23.4 Å². The Bertz CT molecular complexity index is 594. The summed E-state index contributed by atoms with van der Waals surface area (Å²) < 4.78 is 0. The third-order valence-electron chi connectivity index (χ3n) is 2.28. The number of H-pyrrole nitrogens is 2. The van der Waals surface area contributed by atoms with Crippen LogP contribution in [0.2, 0.25) is 0 Å². The van der Waals surface area contributed by atoms with Gasteiger partial charge in [-0.25, -0.2) is 14.9 Å². The number of carbonyl (C=O) groups is 1. The summed E-state index contributed by atoms with van der Waals surface area (Å²) in [5.41, 5.74) is -0.389. The fourth-order valence-electron chi connectivity index (χ4n) is 1.35. The number of rotatable bonds is 5. The molecule has 0 spiro atoms. The number of hydrogen-bond acceptors (Lipinski definition) is 5. The molecule has 0 unspecified atom stereocenters. The summed E-state index contributed by atoms with van der Waals surface area (Å²) in [6, 6.07) is 5.54. The summed E-state index contributed by atoms with van der Waals surface area (Å²) in [4.78, 5) is 29.3. The first-order valence-corrected chi connectivity index (χ1v) is 6.52. The molecule has 0 fully saturated rings. The lowest BCUT2D eigenvalue weighted by atomic mass is 10.4. The van der Waals surface area contributed by atoms with Crippen molar-refractivity contribution >= 4 is 17.7 Å². The van der Waals surface area contributed by atoms with Crippen molar-refractivity contribution in [1.82, 2.24) is 25.5 Å². The second kappa shape index (κ2) is 6.19. The minimum atomic E-state index is -0.389. The molecular weight excluding hydrogens is 266 g/mol. The number of pyridine rings is 1. The maximum atomic E-state index is 11.8. The second-order valence-electron chi connectivity index (χ2n) is 3.77. The number of aromatic nitrogens is 4. The highest BCUT2D eigenvalue weighted by atomic mass is 32.2. The maximum Gasteiger partial charge on any atom is 0.340 e. The van der Waals surface area contributed by atoms with E-state index in [1.165, 1.54) is 11.8 Å². The molecule has 3 N–H and O–H groups in total. The van der Waals surface area contributed by atoms with Gasteiger partial charge >= 0.3 is 5.69 Å². The number of hydrogen-bond donors (Lipinski definition) is 3. The van der Waals surface area contributed by atoms with Crippen LogP contribution >= 0.6 is 11.8 Å². The van der Waals surface area contributed by atoms with Gasteiger partial charge < -0.3 is 5.32 Å². The van der Waals surface area contributed by atoms with Crippen molar-refractivity contribution in [1.29, 1.82) is 0 Å². The molecule has 100 valence electrons. The van der Waals surface area contributed by atoms with Gasteiger partial charge in [0, 0.05) is 6.20 Å². The average Bonchev–Trinajstić information content (AvgIpc) is 2.83. The Labute approximate surface area is 113 Å². The zero-order valence-electron chi connectivity index (χ0n) is 10.2. The van der Waals surface area contributed by atoms with Gasteiger partial charge in [0.05, 0.1) is 16.8 Å². The number of aromatic amines is 2. The predicted molar refractivity (Wildman–Crippen MR) is 70.6 cm³/mol. The fraction of sp³-hybridized carbons (Fsp3) is 0.273. The molecule has 0 radical (unpaired) electrons. The van der Waals surface area contributed by atoms with Crippen LogP contribution in [-0.2, 0) is 11.3 Å². The topological polar surface area (TPSA) is 104 Å². The Balaban J connectivity index is 1.84. The van der Waals surface area contributed by atoms with Gasteiger partial charge in [-0.2, -0.15) is 5.10 Å². The maximum absolute atomic E-state index is 11.8. The van der Waals surface area contributed by atoms with Crippen LogP contribution in [0.15, 0.2) is 34.2 Å². The average molecular weight is 279 g/mol. The Morgan fingerprint density at radius 2 is 2.37 bits per heavy atom. The SMILES string of the molecule is C[C@H](Sc1ccccn1)C(=O)NCc1n[nH]c(=O)[nH]1. The third-order valence-corrected chi connectivity index (χ3v) is 3.34.